The van der Waals surface area contributed by atoms with Gasteiger partial charge in [0.2, 0.25) is 0 Å². The maximum atomic E-state index is 3.81. The standard InChI is InChI=1S/C41H35N/c1-3-9-28(10-4-1)41(29-11-5-2-6-12-29)37-14-8-7-13-35(37)36-20-19-34(23-38(36)41)42-33-17-15-27(16-18-33)39-24-31-21-30-22-32(25-39)40(30,31)26-39/h1-20,23,30-32,42H,21-22,24-26H2/t30?,31-,32-,39?,40?/m0/s1. The van der Waals surface area contributed by atoms with Gasteiger partial charge in [-0.3, -0.25) is 0 Å². The minimum absolute atomic E-state index is 0.365. The average molecular weight is 542 g/mol. The van der Waals surface area contributed by atoms with E-state index in [9.17, 15) is 0 Å². The highest BCUT2D eigenvalue weighted by atomic mass is 14.9. The monoisotopic (exact) mass is 541 g/mol. The zero-order chi connectivity index (χ0) is 27.5. The normalized spacial score (nSPS) is 30.0. The number of rotatable bonds is 5. The Labute approximate surface area is 248 Å². The fourth-order valence-electron chi connectivity index (χ4n) is 11.0. The summed E-state index contributed by atoms with van der Waals surface area (Å²) in [5.41, 5.74) is 12.7. The first-order valence-corrected chi connectivity index (χ1v) is 15.9. The molecule has 0 aliphatic heterocycles. The molecule has 2 bridgehead atoms. The summed E-state index contributed by atoms with van der Waals surface area (Å²) < 4.78 is 0. The van der Waals surface area contributed by atoms with E-state index in [1.165, 1.54) is 71.2 Å². The molecule has 5 aliphatic carbocycles. The van der Waals surface area contributed by atoms with Crippen molar-refractivity contribution < 1.29 is 0 Å². The van der Waals surface area contributed by atoms with Gasteiger partial charge in [-0.15, -0.1) is 0 Å². The predicted octanol–water partition coefficient (Wildman–Crippen LogP) is 9.87. The zero-order valence-corrected chi connectivity index (χ0v) is 23.9. The Hall–Kier alpha value is -4.10. The molecule has 1 heteroatoms. The number of hydrogen-bond donors (Lipinski definition) is 1. The molecular formula is C41H35N. The van der Waals surface area contributed by atoms with Crippen LogP contribution in [0.3, 0.4) is 0 Å². The largest absolute Gasteiger partial charge is 0.356 e. The molecule has 5 aromatic rings. The van der Waals surface area contributed by atoms with Crippen LogP contribution in [0.5, 0.6) is 0 Å². The Bertz CT molecular complexity index is 1800. The highest BCUT2D eigenvalue weighted by Crippen LogP contribution is 2.84. The van der Waals surface area contributed by atoms with Gasteiger partial charge in [0.05, 0.1) is 5.41 Å². The topological polar surface area (TPSA) is 12.0 Å². The van der Waals surface area contributed by atoms with Crippen LogP contribution in [0.4, 0.5) is 11.4 Å². The molecule has 0 aromatic heterocycles. The van der Waals surface area contributed by atoms with Gasteiger partial charge in [-0.1, -0.05) is 103 Å². The minimum atomic E-state index is -0.365. The second-order valence-electron chi connectivity index (χ2n) is 14.0. The van der Waals surface area contributed by atoms with E-state index in [1.54, 1.807) is 5.56 Å². The van der Waals surface area contributed by atoms with Gasteiger partial charge in [-0.05, 0) is 124 Å². The third-order valence-electron chi connectivity index (χ3n) is 12.6. The quantitative estimate of drug-likeness (QED) is 0.229. The lowest BCUT2D eigenvalue weighted by Gasteiger charge is -2.66. The molecule has 1 N–H and O–H groups in total. The van der Waals surface area contributed by atoms with Crippen molar-refractivity contribution in [2.24, 2.45) is 23.2 Å². The van der Waals surface area contributed by atoms with E-state index >= 15 is 0 Å². The van der Waals surface area contributed by atoms with Crippen LogP contribution >= 0.6 is 0 Å². The van der Waals surface area contributed by atoms with Crippen molar-refractivity contribution in [3.05, 3.63) is 155 Å². The number of fused-ring (bicyclic) bond motifs is 4. The summed E-state index contributed by atoms with van der Waals surface area (Å²) in [5, 5.41) is 3.81. The fraction of sp³-hybridized carbons (Fsp3) is 0.268. The SMILES string of the molecule is c1ccc(C2(c3ccccc3)c3ccccc3-c3ccc(Nc4ccc(C56C[C@@H]7CC8C[C@@H](C5)C87C6)cc4)cc32)cc1. The number of hydrogen-bond acceptors (Lipinski definition) is 1. The minimum Gasteiger partial charge on any atom is -0.356 e. The van der Waals surface area contributed by atoms with E-state index in [-0.39, 0.29) is 5.41 Å². The van der Waals surface area contributed by atoms with E-state index in [0.29, 0.717) is 5.41 Å². The van der Waals surface area contributed by atoms with E-state index in [0.717, 1.165) is 28.9 Å². The Morgan fingerprint density at radius 1 is 0.500 bits per heavy atom. The van der Waals surface area contributed by atoms with Crippen LogP contribution in [0, 0.1) is 23.2 Å². The summed E-state index contributed by atoms with van der Waals surface area (Å²) in [7, 11) is 0. The van der Waals surface area contributed by atoms with Gasteiger partial charge >= 0.3 is 0 Å². The van der Waals surface area contributed by atoms with Gasteiger partial charge in [0, 0.05) is 11.4 Å². The molecule has 5 aliphatic rings. The average Bonchev–Trinajstić information content (AvgIpc) is 3.63. The first-order valence-electron chi connectivity index (χ1n) is 15.9. The van der Waals surface area contributed by atoms with Crippen molar-refractivity contribution in [1.82, 2.24) is 0 Å². The Balaban J connectivity index is 1.05. The molecule has 2 atom stereocenters. The molecular weight excluding hydrogens is 506 g/mol. The molecule has 0 unspecified atom stereocenters. The van der Waals surface area contributed by atoms with E-state index in [2.05, 4.69) is 133 Å². The van der Waals surface area contributed by atoms with Gasteiger partial charge < -0.3 is 5.32 Å². The van der Waals surface area contributed by atoms with Crippen molar-refractivity contribution in [3.63, 3.8) is 0 Å². The first kappa shape index (κ1) is 23.5. The molecule has 1 nitrogen and oxygen atoms in total. The predicted molar refractivity (Wildman–Crippen MR) is 171 cm³/mol. The maximum Gasteiger partial charge on any atom is 0.0714 e. The molecule has 0 heterocycles. The molecule has 0 radical (unpaired) electrons. The van der Waals surface area contributed by atoms with Crippen molar-refractivity contribution in [1.29, 1.82) is 0 Å². The van der Waals surface area contributed by atoms with Gasteiger partial charge in [0.15, 0.2) is 0 Å². The number of benzene rings is 5. The van der Waals surface area contributed by atoms with Crippen LogP contribution in [0.2, 0.25) is 0 Å². The molecule has 0 amide bonds. The van der Waals surface area contributed by atoms with Crippen molar-refractivity contribution in [2.45, 2.75) is 42.9 Å². The Morgan fingerprint density at radius 3 is 1.74 bits per heavy atom. The number of anilines is 2. The van der Waals surface area contributed by atoms with Crippen LogP contribution in [-0.4, -0.2) is 0 Å². The van der Waals surface area contributed by atoms with E-state index in [4.69, 9.17) is 0 Å². The summed E-state index contributed by atoms with van der Waals surface area (Å²) in [5.74, 6) is 3.12. The van der Waals surface area contributed by atoms with Gasteiger partial charge in [-0.25, -0.2) is 0 Å². The molecule has 42 heavy (non-hydrogen) atoms. The molecule has 0 saturated heterocycles. The van der Waals surface area contributed by atoms with Crippen LogP contribution < -0.4 is 5.32 Å². The first-order chi connectivity index (χ1) is 20.7. The highest BCUT2D eigenvalue weighted by molar-refractivity contribution is 5.88. The Kier molecular flexibility index (Phi) is 4.49. The summed E-state index contributed by atoms with van der Waals surface area (Å²) in [4.78, 5) is 0. The maximum absolute atomic E-state index is 3.81. The van der Waals surface area contributed by atoms with Crippen molar-refractivity contribution in [2.75, 3.05) is 5.32 Å². The van der Waals surface area contributed by atoms with Gasteiger partial charge in [0.1, 0.15) is 0 Å². The van der Waals surface area contributed by atoms with Crippen LogP contribution in [0.15, 0.2) is 127 Å². The molecule has 1 spiro atoms. The van der Waals surface area contributed by atoms with Crippen LogP contribution in [0.1, 0.15) is 59.9 Å². The fourth-order valence-corrected chi connectivity index (χ4v) is 11.0. The van der Waals surface area contributed by atoms with E-state index in [1.807, 2.05) is 0 Å². The van der Waals surface area contributed by atoms with Crippen LogP contribution in [0.25, 0.3) is 11.1 Å². The lowest BCUT2D eigenvalue weighted by atomic mass is 9.38. The number of nitrogens with one attached hydrogen (secondary N) is 1. The summed E-state index contributed by atoms with van der Waals surface area (Å²) in [6, 6.07) is 47.7. The summed E-state index contributed by atoms with van der Waals surface area (Å²) in [6.45, 7) is 0. The lowest BCUT2D eigenvalue weighted by Crippen LogP contribution is -2.59. The van der Waals surface area contributed by atoms with Crippen molar-refractivity contribution in [3.8, 4) is 11.1 Å². The van der Waals surface area contributed by atoms with E-state index < -0.39 is 0 Å². The third kappa shape index (κ3) is 2.76. The second kappa shape index (κ2) is 8.04. The molecule has 204 valence electrons. The summed E-state index contributed by atoms with van der Waals surface area (Å²) in [6.07, 6.45) is 7.40. The zero-order valence-electron chi connectivity index (χ0n) is 23.9. The summed E-state index contributed by atoms with van der Waals surface area (Å²) >= 11 is 0. The van der Waals surface area contributed by atoms with Gasteiger partial charge in [0.25, 0.3) is 0 Å². The molecule has 4 fully saturated rings. The molecule has 5 aromatic carbocycles. The Morgan fingerprint density at radius 2 is 1.10 bits per heavy atom. The second-order valence-corrected chi connectivity index (χ2v) is 14.0. The third-order valence-corrected chi connectivity index (χ3v) is 12.6. The van der Waals surface area contributed by atoms with Gasteiger partial charge in [-0.2, -0.15) is 0 Å². The smallest absolute Gasteiger partial charge is 0.0714 e. The van der Waals surface area contributed by atoms with Crippen molar-refractivity contribution >= 4 is 11.4 Å². The van der Waals surface area contributed by atoms with Crippen LogP contribution in [-0.2, 0) is 10.8 Å². The highest BCUT2D eigenvalue weighted by Gasteiger charge is 2.77. The molecule has 4 saturated carbocycles. The lowest BCUT2D eigenvalue weighted by molar-refractivity contribution is -0.175. The molecule has 10 rings (SSSR count).